The van der Waals surface area contributed by atoms with Gasteiger partial charge < -0.3 is 35.5 Å². The first-order chi connectivity index (χ1) is 23.8. The van der Waals surface area contributed by atoms with Crippen molar-refractivity contribution in [3.05, 3.63) is 59.2 Å². The highest BCUT2D eigenvalue weighted by molar-refractivity contribution is 6.07. The SMILES string of the molecule is COC(=O)c1ccc2c(CNCCCCCCNC(=O)OC(C)(C)C)c3ccccc3c(CNCCCCCCNC(=O)OC(C)(C)C)c2c1. The molecule has 0 heterocycles. The first-order valence-electron chi connectivity index (χ1n) is 18.2. The summed E-state index contributed by atoms with van der Waals surface area (Å²) in [5, 5.41) is 17.5. The molecule has 0 saturated carbocycles. The highest BCUT2D eigenvalue weighted by atomic mass is 16.6. The maximum atomic E-state index is 12.5. The molecule has 3 aromatic rings. The number of carbonyl (C=O) groups is 3. The number of esters is 1. The second-order valence-corrected chi connectivity index (χ2v) is 14.8. The van der Waals surface area contributed by atoms with Gasteiger partial charge in [-0.1, -0.05) is 56.0 Å². The van der Waals surface area contributed by atoms with Crippen LogP contribution in [0.4, 0.5) is 9.59 Å². The molecule has 3 rings (SSSR count). The van der Waals surface area contributed by atoms with E-state index >= 15 is 0 Å². The van der Waals surface area contributed by atoms with Gasteiger partial charge in [-0.25, -0.2) is 14.4 Å². The van der Waals surface area contributed by atoms with Crippen LogP contribution in [0.3, 0.4) is 0 Å². The number of ether oxygens (including phenoxy) is 3. The third kappa shape index (κ3) is 14.2. The average molecular weight is 693 g/mol. The third-order valence-electron chi connectivity index (χ3n) is 8.17. The molecule has 0 saturated heterocycles. The predicted molar refractivity (Wildman–Crippen MR) is 202 cm³/mol. The van der Waals surface area contributed by atoms with E-state index in [1.807, 2.05) is 53.7 Å². The van der Waals surface area contributed by atoms with Crippen molar-refractivity contribution in [1.82, 2.24) is 21.3 Å². The molecule has 0 radical (unpaired) electrons. The van der Waals surface area contributed by atoms with Crippen molar-refractivity contribution < 1.29 is 28.6 Å². The Bertz CT molecular complexity index is 1540. The lowest BCUT2D eigenvalue weighted by Crippen LogP contribution is -2.33. The fourth-order valence-corrected chi connectivity index (χ4v) is 5.88. The molecule has 2 amide bonds. The molecule has 0 aliphatic heterocycles. The van der Waals surface area contributed by atoms with Gasteiger partial charge in [-0.2, -0.15) is 0 Å². The van der Waals surface area contributed by atoms with Crippen molar-refractivity contribution in [2.45, 2.75) is 117 Å². The third-order valence-corrected chi connectivity index (χ3v) is 8.17. The Kier molecular flexibility index (Phi) is 16.3. The number of hydrogen-bond donors (Lipinski definition) is 4. The first-order valence-corrected chi connectivity index (χ1v) is 18.2. The van der Waals surface area contributed by atoms with E-state index in [-0.39, 0.29) is 18.2 Å². The number of fused-ring (bicyclic) bond motifs is 2. The lowest BCUT2D eigenvalue weighted by atomic mass is 9.90. The van der Waals surface area contributed by atoms with Gasteiger partial charge in [0.2, 0.25) is 0 Å². The normalized spacial score (nSPS) is 11.8. The van der Waals surface area contributed by atoms with Gasteiger partial charge in [0.1, 0.15) is 11.2 Å². The van der Waals surface area contributed by atoms with E-state index in [0.29, 0.717) is 31.7 Å². The van der Waals surface area contributed by atoms with Gasteiger partial charge in [-0.15, -0.1) is 0 Å². The zero-order valence-corrected chi connectivity index (χ0v) is 31.4. The molecule has 0 fully saturated rings. The van der Waals surface area contributed by atoms with Gasteiger partial charge in [0.25, 0.3) is 0 Å². The van der Waals surface area contributed by atoms with Gasteiger partial charge in [-0.05, 0) is 125 Å². The summed E-state index contributed by atoms with van der Waals surface area (Å²) in [7, 11) is 1.41. The number of rotatable bonds is 19. The summed E-state index contributed by atoms with van der Waals surface area (Å²) in [6, 6.07) is 14.4. The number of nitrogens with one attached hydrogen (secondary N) is 4. The topological polar surface area (TPSA) is 127 Å². The number of hydrogen-bond acceptors (Lipinski definition) is 8. The molecule has 3 aromatic carbocycles. The molecule has 0 bridgehead atoms. The van der Waals surface area contributed by atoms with Crippen molar-refractivity contribution in [2.75, 3.05) is 33.3 Å². The van der Waals surface area contributed by atoms with E-state index in [4.69, 9.17) is 14.2 Å². The number of benzene rings is 3. The van der Waals surface area contributed by atoms with Crippen LogP contribution in [0.15, 0.2) is 42.5 Å². The maximum Gasteiger partial charge on any atom is 0.407 e. The zero-order chi connectivity index (χ0) is 36.6. The molecular formula is C40H60N4O6. The minimum Gasteiger partial charge on any atom is -0.465 e. The van der Waals surface area contributed by atoms with Crippen LogP contribution in [-0.4, -0.2) is 62.6 Å². The molecule has 0 aliphatic carbocycles. The Morgan fingerprint density at radius 3 is 1.42 bits per heavy atom. The summed E-state index contributed by atoms with van der Waals surface area (Å²) in [6.07, 6.45) is 7.35. The fraction of sp³-hybridized carbons (Fsp3) is 0.575. The fourth-order valence-electron chi connectivity index (χ4n) is 5.88. The summed E-state index contributed by atoms with van der Waals surface area (Å²) >= 11 is 0. The molecule has 0 spiro atoms. The molecule has 276 valence electrons. The number of alkyl carbamates (subject to hydrolysis) is 2. The predicted octanol–water partition coefficient (Wildman–Crippen LogP) is 8.13. The van der Waals surface area contributed by atoms with Gasteiger partial charge >= 0.3 is 18.2 Å². The summed E-state index contributed by atoms with van der Waals surface area (Å²) in [4.78, 5) is 36.2. The highest BCUT2D eigenvalue weighted by Gasteiger charge is 2.18. The Morgan fingerprint density at radius 2 is 0.980 bits per heavy atom. The van der Waals surface area contributed by atoms with Crippen LogP contribution >= 0.6 is 0 Å². The molecule has 0 atom stereocenters. The Balaban J connectivity index is 1.56. The second-order valence-electron chi connectivity index (χ2n) is 14.8. The van der Waals surface area contributed by atoms with Crippen molar-refractivity contribution >= 4 is 39.7 Å². The van der Waals surface area contributed by atoms with Gasteiger partial charge in [0, 0.05) is 26.2 Å². The van der Waals surface area contributed by atoms with Crippen LogP contribution in [0.1, 0.15) is 114 Å². The summed E-state index contributed by atoms with van der Waals surface area (Å²) in [6.45, 7) is 15.5. The van der Waals surface area contributed by atoms with Crippen LogP contribution in [-0.2, 0) is 27.3 Å². The van der Waals surface area contributed by atoms with Crippen LogP contribution in [0, 0.1) is 0 Å². The summed E-state index contributed by atoms with van der Waals surface area (Å²) < 4.78 is 15.6. The lowest BCUT2D eigenvalue weighted by Gasteiger charge is -2.19. The van der Waals surface area contributed by atoms with E-state index in [2.05, 4.69) is 51.6 Å². The number of amides is 2. The Morgan fingerprint density at radius 1 is 0.560 bits per heavy atom. The highest BCUT2D eigenvalue weighted by Crippen LogP contribution is 2.34. The zero-order valence-electron chi connectivity index (χ0n) is 31.4. The van der Waals surface area contributed by atoms with Gasteiger partial charge in [0.15, 0.2) is 0 Å². The first kappa shape index (κ1) is 40.5. The van der Waals surface area contributed by atoms with Crippen molar-refractivity contribution in [1.29, 1.82) is 0 Å². The standard InChI is InChI=1S/C40H60N4O6/c1-39(2,3)49-37(46)43-24-16-10-8-14-22-41-27-34-30-18-12-13-19-31(30)35(33-26-29(36(45)48-7)20-21-32(33)34)28-42-23-15-9-11-17-25-44-38(47)50-40(4,5)6/h12-13,18-21,26,41-42H,8-11,14-17,22-25,27-28H2,1-7H3,(H,43,46)(H,44,47). The monoisotopic (exact) mass is 692 g/mol. The quantitative estimate of drug-likeness (QED) is 0.0430. The van der Waals surface area contributed by atoms with E-state index < -0.39 is 11.2 Å². The average Bonchev–Trinajstić information content (AvgIpc) is 3.04. The number of carbonyl (C=O) groups excluding carboxylic acids is 3. The molecule has 4 N–H and O–H groups in total. The van der Waals surface area contributed by atoms with Crippen LogP contribution < -0.4 is 21.3 Å². The summed E-state index contributed by atoms with van der Waals surface area (Å²) in [5.41, 5.74) is 1.96. The van der Waals surface area contributed by atoms with Crippen molar-refractivity contribution in [3.8, 4) is 0 Å². The minimum atomic E-state index is -0.489. The molecular weight excluding hydrogens is 632 g/mol. The van der Waals surface area contributed by atoms with Crippen molar-refractivity contribution in [3.63, 3.8) is 0 Å². The second kappa shape index (κ2) is 20.1. The van der Waals surface area contributed by atoms with Crippen LogP contribution in [0.2, 0.25) is 0 Å². The van der Waals surface area contributed by atoms with E-state index in [9.17, 15) is 14.4 Å². The molecule has 0 aliphatic rings. The Hall–Kier alpha value is -3.89. The van der Waals surface area contributed by atoms with E-state index in [1.54, 1.807) is 0 Å². The minimum absolute atomic E-state index is 0.346. The lowest BCUT2D eigenvalue weighted by molar-refractivity contribution is 0.0515. The molecule has 50 heavy (non-hydrogen) atoms. The molecule has 10 heteroatoms. The Labute approximate surface area is 298 Å². The van der Waals surface area contributed by atoms with Gasteiger partial charge in [-0.3, -0.25) is 0 Å². The van der Waals surface area contributed by atoms with Crippen LogP contribution in [0.25, 0.3) is 21.5 Å². The van der Waals surface area contributed by atoms with E-state index in [1.165, 1.54) is 29.0 Å². The smallest absolute Gasteiger partial charge is 0.407 e. The number of unbranched alkanes of at least 4 members (excludes halogenated alkanes) is 6. The molecule has 10 nitrogen and oxygen atoms in total. The number of methoxy groups -OCH3 is 1. The largest absolute Gasteiger partial charge is 0.465 e. The van der Waals surface area contributed by atoms with Gasteiger partial charge in [0.05, 0.1) is 12.7 Å². The molecule has 0 unspecified atom stereocenters. The van der Waals surface area contributed by atoms with E-state index in [0.717, 1.165) is 75.2 Å². The summed E-state index contributed by atoms with van der Waals surface area (Å²) in [5.74, 6) is -0.346. The van der Waals surface area contributed by atoms with Crippen LogP contribution in [0.5, 0.6) is 0 Å². The van der Waals surface area contributed by atoms with Crippen molar-refractivity contribution in [2.24, 2.45) is 0 Å². The maximum absolute atomic E-state index is 12.5. The molecule has 0 aromatic heterocycles.